The number of carbonyl (C=O) groups is 1. The summed E-state index contributed by atoms with van der Waals surface area (Å²) < 4.78 is 0. The predicted octanol–water partition coefficient (Wildman–Crippen LogP) is 5.24. The SMILES string of the molecule is O=C(Cc1cccc2ccccc12)Nc1nc2c(s1)CCc1ccccc1-2. The largest absolute Gasteiger partial charge is 0.302 e. The summed E-state index contributed by atoms with van der Waals surface area (Å²) in [5, 5.41) is 5.99. The molecule has 0 atom stereocenters. The molecule has 1 amide bonds. The van der Waals surface area contributed by atoms with E-state index in [1.807, 2.05) is 30.3 Å². The van der Waals surface area contributed by atoms with Crippen molar-refractivity contribution in [2.45, 2.75) is 19.3 Å². The summed E-state index contributed by atoms with van der Waals surface area (Å²) in [6.07, 6.45) is 2.38. The van der Waals surface area contributed by atoms with Gasteiger partial charge in [-0.2, -0.15) is 0 Å². The van der Waals surface area contributed by atoms with Crippen molar-refractivity contribution in [1.82, 2.24) is 4.98 Å². The molecule has 3 nitrogen and oxygen atoms in total. The number of aryl methyl sites for hydroxylation is 2. The first-order valence-corrected chi connectivity index (χ1v) is 9.94. The van der Waals surface area contributed by atoms with E-state index in [0.717, 1.165) is 34.9 Å². The molecule has 4 aromatic rings. The lowest BCUT2D eigenvalue weighted by molar-refractivity contribution is -0.115. The Hall–Kier alpha value is -2.98. The van der Waals surface area contributed by atoms with Gasteiger partial charge in [-0.3, -0.25) is 4.79 Å². The zero-order valence-corrected chi connectivity index (χ0v) is 15.6. The van der Waals surface area contributed by atoms with Crippen LogP contribution in [0.15, 0.2) is 66.7 Å². The second-order valence-electron chi connectivity index (χ2n) is 6.81. The molecule has 132 valence electrons. The van der Waals surface area contributed by atoms with Crippen LogP contribution in [-0.2, 0) is 24.1 Å². The lowest BCUT2D eigenvalue weighted by atomic mass is 9.94. The first kappa shape index (κ1) is 16.2. The van der Waals surface area contributed by atoms with Crippen LogP contribution >= 0.6 is 11.3 Å². The van der Waals surface area contributed by atoms with E-state index in [1.165, 1.54) is 16.0 Å². The van der Waals surface area contributed by atoms with Gasteiger partial charge in [0, 0.05) is 10.4 Å². The van der Waals surface area contributed by atoms with Crippen LogP contribution in [0.25, 0.3) is 22.0 Å². The van der Waals surface area contributed by atoms with Gasteiger partial charge in [0.1, 0.15) is 0 Å². The second-order valence-corrected chi connectivity index (χ2v) is 7.89. The fourth-order valence-electron chi connectivity index (χ4n) is 3.79. The summed E-state index contributed by atoms with van der Waals surface area (Å²) in [6.45, 7) is 0. The van der Waals surface area contributed by atoms with E-state index < -0.39 is 0 Å². The number of anilines is 1. The van der Waals surface area contributed by atoms with E-state index in [0.29, 0.717) is 11.6 Å². The number of nitrogens with zero attached hydrogens (tertiary/aromatic N) is 1. The first-order valence-electron chi connectivity index (χ1n) is 9.12. The van der Waals surface area contributed by atoms with Crippen molar-refractivity contribution in [3.05, 3.63) is 82.7 Å². The van der Waals surface area contributed by atoms with Crippen LogP contribution in [0.3, 0.4) is 0 Å². The van der Waals surface area contributed by atoms with Crippen LogP contribution in [0, 0.1) is 0 Å². The van der Waals surface area contributed by atoms with Crippen LogP contribution in [0.4, 0.5) is 5.13 Å². The molecule has 0 aliphatic heterocycles. The van der Waals surface area contributed by atoms with Gasteiger partial charge in [-0.25, -0.2) is 4.98 Å². The maximum Gasteiger partial charge on any atom is 0.230 e. The van der Waals surface area contributed by atoms with E-state index in [-0.39, 0.29) is 5.91 Å². The van der Waals surface area contributed by atoms with Crippen LogP contribution in [0.1, 0.15) is 16.0 Å². The van der Waals surface area contributed by atoms with E-state index >= 15 is 0 Å². The highest BCUT2D eigenvalue weighted by Crippen LogP contribution is 2.38. The second kappa shape index (κ2) is 6.63. The van der Waals surface area contributed by atoms with Gasteiger partial charge in [0.05, 0.1) is 12.1 Å². The molecule has 0 spiro atoms. The van der Waals surface area contributed by atoms with E-state index in [1.54, 1.807) is 11.3 Å². The minimum Gasteiger partial charge on any atom is -0.302 e. The summed E-state index contributed by atoms with van der Waals surface area (Å²) in [5.41, 5.74) is 4.60. The third kappa shape index (κ3) is 3.02. The smallest absolute Gasteiger partial charge is 0.230 e. The molecule has 0 bridgehead atoms. The molecule has 1 aromatic heterocycles. The number of thiazole rings is 1. The molecule has 0 unspecified atom stereocenters. The highest BCUT2D eigenvalue weighted by atomic mass is 32.1. The van der Waals surface area contributed by atoms with Crippen molar-refractivity contribution >= 4 is 33.1 Å². The van der Waals surface area contributed by atoms with Crippen LogP contribution < -0.4 is 5.32 Å². The van der Waals surface area contributed by atoms with Gasteiger partial charge >= 0.3 is 0 Å². The van der Waals surface area contributed by atoms with Gasteiger partial charge in [-0.1, -0.05) is 66.7 Å². The summed E-state index contributed by atoms with van der Waals surface area (Å²) in [5.74, 6) is -0.0225. The Morgan fingerprint density at radius 2 is 1.78 bits per heavy atom. The van der Waals surface area contributed by atoms with E-state index in [4.69, 9.17) is 4.98 Å². The van der Waals surface area contributed by atoms with Crippen LogP contribution in [0.5, 0.6) is 0 Å². The normalized spacial score (nSPS) is 12.4. The number of hydrogen-bond acceptors (Lipinski definition) is 3. The Balaban J connectivity index is 1.39. The summed E-state index contributed by atoms with van der Waals surface area (Å²) in [4.78, 5) is 18.6. The Kier molecular flexibility index (Phi) is 3.98. The minimum absolute atomic E-state index is 0.0225. The molecule has 0 saturated carbocycles. The van der Waals surface area contributed by atoms with Gasteiger partial charge in [0.2, 0.25) is 5.91 Å². The molecule has 0 radical (unpaired) electrons. The number of nitrogens with one attached hydrogen (secondary N) is 1. The minimum atomic E-state index is -0.0225. The van der Waals surface area contributed by atoms with Gasteiger partial charge < -0.3 is 5.32 Å². The Morgan fingerprint density at radius 3 is 2.74 bits per heavy atom. The van der Waals surface area contributed by atoms with Gasteiger partial charge in [0.25, 0.3) is 0 Å². The number of hydrogen-bond donors (Lipinski definition) is 1. The molecule has 1 aliphatic rings. The van der Waals surface area contributed by atoms with E-state index in [2.05, 4.69) is 41.7 Å². The lowest BCUT2D eigenvalue weighted by Crippen LogP contribution is -2.14. The van der Waals surface area contributed by atoms with Gasteiger partial charge in [-0.15, -0.1) is 11.3 Å². The Labute approximate surface area is 161 Å². The first-order chi connectivity index (χ1) is 13.3. The zero-order chi connectivity index (χ0) is 18.2. The van der Waals surface area contributed by atoms with Crippen molar-refractivity contribution in [3.63, 3.8) is 0 Å². The molecule has 0 saturated heterocycles. The van der Waals surface area contributed by atoms with Crippen molar-refractivity contribution in [2.24, 2.45) is 0 Å². The molecule has 0 fully saturated rings. The van der Waals surface area contributed by atoms with Crippen LogP contribution in [-0.4, -0.2) is 10.9 Å². The molecule has 27 heavy (non-hydrogen) atoms. The van der Waals surface area contributed by atoms with Crippen LogP contribution in [0.2, 0.25) is 0 Å². The molecule has 1 N–H and O–H groups in total. The average molecular weight is 370 g/mol. The average Bonchev–Trinajstić information content (AvgIpc) is 3.11. The third-order valence-electron chi connectivity index (χ3n) is 5.07. The number of rotatable bonds is 3. The van der Waals surface area contributed by atoms with Gasteiger partial charge in [0.15, 0.2) is 5.13 Å². The molecular formula is C23H18N2OS. The number of fused-ring (bicyclic) bond motifs is 4. The summed E-state index contributed by atoms with van der Waals surface area (Å²) in [6, 6.07) is 22.7. The van der Waals surface area contributed by atoms with Crippen molar-refractivity contribution in [1.29, 1.82) is 0 Å². The number of carbonyl (C=O) groups excluding carboxylic acids is 1. The Bertz CT molecular complexity index is 1160. The molecule has 4 heteroatoms. The van der Waals surface area contributed by atoms with E-state index in [9.17, 15) is 4.79 Å². The molecular weight excluding hydrogens is 352 g/mol. The monoisotopic (exact) mass is 370 g/mol. The standard InChI is InChI=1S/C23H18N2OS/c26-21(14-17-9-5-8-15-6-1-3-10-18(15)17)24-23-25-22-19-11-4-2-7-16(19)12-13-20(22)27-23/h1-11H,12-14H2,(H,24,25,26). The maximum absolute atomic E-state index is 12.6. The summed E-state index contributed by atoms with van der Waals surface area (Å²) >= 11 is 1.60. The third-order valence-corrected chi connectivity index (χ3v) is 6.10. The molecule has 5 rings (SSSR count). The highest BCUT2D eigenvalue weighted by Gasteiger charge is 2.21. The fourth-order valence-corrected chi connectivity index (χ4v) is 4.78. The molecule has 1 heterocycles. The Morgan fingerprint density at radius 1 is 0.963 bits per heavy atom. The lowest BCUT2D eigenvalue weighted by Gasteiger charge is -2.13. The number of aromatic nitrogens is 1. The maximum atomic E-state index is 12.6. The topological polar surface area (TPSA) is 42.0 Å². The van der Waals surface area contributed by atoms with Crippen molar-refractivity contribution < 1.29 is 4.79 Å². The quantitative estimate of drug-likeness (QED) is 0.536. The highest BCUT2D eigenvalue weighted by molar-refractivity contribution is 7.16. The number of amides is 1. The molecule has 1 aliphatic carbocycles. The van der Waals surface area contributed by atoms with Gasteiger partial charge in [-0.05, 0) is 34.7 Å². The number of benzene rings is 3. The predicted molar refractivity (Wildman–Crippen MR) is 111 cm³/mol. The zero-order valence-electron chi connectivity index (χ0n) is 14.7. The molecule has 3 aromatic carbocycles. The van der Waals surface area contributed by atoms with Crippen molar-refractivity contribution in [3.8, 4) is 11.3 Å². The van der Waals surface area contributed by atoms with Crippen molar-refractivity contribution in [2.75, 3.05) is 5.32 Å². The fraction of sp³-hybridized carbons (Fsp3) is 0.130. The summed E-state index contributed by atoms with van der Waals surface area (Å²) in [7, 11) is 0.